The second kappa shape index (κ2) is 4.61. The van der Waals surface area contributed by atoms with E-state index >= 15 is 0 Å². The van der Waals surface area contributed by atoms with E-state index in [1.807, 2.05) is 0 Å². The molecule has 0 aliphatic heterocycles. The van der Waals surface area contributed by atoms with Gasteiger partial charge in [-0.25, -0.2) is 22.0 Å². The molecule has 0 bridgehead atoms. The van der Waals surface area contributed by atoms with Crippen molar-refractivity contribution in [2.45, 2.75) is 13.0 Å². The van der Waals surface area contributed by atoms with E-state index in [1.54, 1.807) is 0 Å². The molecule has 6 heteroatoms. The zero-order valence-electron chi connectivity index (χ0n) is 8.07. The lowest BCUT2D eigenvalue weighted by Gasteiger charge is -2.10. The Hall–Kier alpha value is -1.43. The summed E-state index contributed by atoms with van der Waals surface area (Å²) in [4.78, 5) is 0. The molecule has 1 unspecified atom stereocenters. The molecule has 0 aliphatic carbocycles. The van der Waals surface area contributed by atoms with E-state index in [0.717, 1.165) is 6.08 Å². The van der Waals surface area contributed by atoms with Crippen LogP contribution in [0.25, 0.3) is 0 Å². The first-order valence-electron chi connectivity index (χ1n) is 4.24. The van der Waals surface area contributed by atoms with Crippen molar-refractivity contribution in [3.63, 3.8) is 0 Å². The highest BCUT2D eigenvalue weighted by atomic mass is 19.2. The molecule has 0 radical (unpaired) electrons. The van der Waals surface area contributed by atoms with E-state index in [2.05, 4.69) is 0 Å². The number of hydrogen-bond donors (Lipinski definition) is 1. The van der Waals surface area contributed by atoms with E-state index in [9.17, 15) is 27.1 Å². The molecule has 88 valence electrons. The van der Waals surface area contributed by atoms with Crippen LogP contribution in [0.2, 0.25) is 0 Å². The monoisotopic (exact) mass is 238 g/mol. The lowest BCUT2D eigenvalue weighted by atomic mass is 10.1. The first-order chi connectivity index (χ1) is 7.41. The Morgan fingerprint density at radius 3 is 1.62 bits per heavy atom. The molecule has 0 spiro atoms. The Balaban J connectivity index is 3.51. The largest absolute Gasteiger partial charge is 0.384 e. The van der Waals surface area contributed by atoms with E-state index in [4.69, 9.17) is 0 Å². The second-order valence-corrected chi connectivity index (χ2v) is 2.95. The van der Waals surface area contributed by atoms with Crippen LogP contribution in [0, 0.1) is 29.1 Å². The predicted octanol–water partition coefficient (Wildman–Crippen LogP) is 2.99. The minimum atomic E-state index is -2.24. The summed E-state index contributed by atoms with van der Waals surface area (Å²) < 4.78 is 64.2. The number of benzene rings is 1. The standard InChI is InChI=1S/C10H7F5O/c1-2-3-4(16)5-6(11)8(13)10(15)9(14)7(5)12/h2-4,16H,1H3/b3-2+. The summed E-state index contributed by atoms with van der Waals surface area (Å²) in [5.74, 6) is -10.4. The van der Waals surface area contributed by atoms with Crippen LogP contribution >= 0.6 is 0 Å². The molecule has 1 atom stereocenters. The lowest BCUT2D eigenvalue weighted by Crippen LogP contribution is -2.10. The summed E-state index contributed by atoms with van der Waals surface area (Å²) in [6, 6.07) is 0. The average molecular weight is 238 g/mol. The van der Waals surface area contributed by atoms with Crippen molar-refractivity contribution in [3.05, 3.63) is 46.8 Å². The third kappa shape index (κ3) is 1.92. The van der Waals surface area contributed by atoms with E-state index < -0.39 is 40.8 Å². The summed E-state index contributed by atoms with van der Waals surface area (Å²) in [6.07, 6.45) is 0.246. The van der Waals surface area contributed by atoms with Crippen molar-refractivity contribution in [1.82, 2.24) is 0 Å². The molecule has 0 saturated carbocycles. The normalized spacial score (nSPS) is 13.4. The molecular weight excluding hydrogens is 231 g/mol. The van der Waals surface area contributed by atoms with Crippen molar-refractivity contribution >= 4 is 0 Å². The first kappa shape index (κ1) is 12.6. The average Bonchev–Trinajstić information content (AvgIpc) is 2.24. The Morgan fingerprint density at radius 1 is 0.875 bits per heavy atom. The third-order valence-corrected chi connectivity index (χ3v) is 1.91. The number of hydrogen-bond acceptors (Lipinski definition) is 1. The fourth-order valence-corrected chi connectivity index (χ4v) is 1.16. The molecule has 0 aliphatic rings. The molecular formula is C10H7F5O. The number of allylic oxidation sites excluding steroid dienone is 1. The topological polar surface area (TPSA) is 20.2 Å². The van der Waals surface area contributed by atoms with Crippen LogP contribution in [0.4, 0.5) is 22.0 Å². The Kier molecular flexibility index (Phi) is 3.64. The van der Waals surface area contributed by atoms with Crippen molar-refractivity contribution in [1.29, 1.82) is 0 Å². The summed E-state index contributed by atoms with van der Waals surface area (Å²) in [5.41, 5.74) is -1.26. The Labute approximate surface area is 87.8 Å². The molecule has 0 amide bonds. The van der Waals surface area contributed by atoms with Crippen LogP contribution in [0.3, 0.4) is 0 Å². The van der Waals surface area contributed by atoms with Gasteiger partial charge in [0.2, 0.25) is 5.82 Å². The van der Waals surface area contributed by atoms with Gasteiger partial charge >= 0.3 is 0 Å². The number of rotatable bonds is 2. The molecule has 0 heterocycles. The van der Waals surface area contributed by atoms with Crippen molar-refractivity contribution in [3.8, 4) is 0 Å². The van der Waals surface area contributed by atoms with Gasteiger partial charge in [0.1, 0.15) is 6.10 Å². The molecule has 0 saturated heterocycles. The molecule has 1 aromatic rings. The smallest absolute Gasteiger partial charge is 0.200 e. The molecule has 1 aromatic carbocycles. The van der Waals surface area contributed by atoms with Crippen LogP contribution in [0.5, 0.6) is 0 Å². The van der Waals surface area contributed by atoms with Gasteiger partial charge in [0.25, 0.3) is 0 Å². The van der Waals surface area contributed by atoms with Crippen LogP contribution in [0.1, 0.15) is 18.6 Å². The van der Waals surface area contributed by atoms with Gasteiger partial charge in [0.15, 0.2) is 23.3 Å². The van der Waals surface area contributed by atoms with Crippen molar-refractivity contribution in [2.24, 2.45) is 0 Å². The van der Waals surface area contributed by atoms with Gasteiger partial charge in [0, 0.05) is 0 Å². The van der Waals surface area contributed by atoms with Gasteiger partial charge in [-0.15, -0.1) is 0 Å². The molecule has 16 heavy (non-hydrogen) atoms. The predicted molar refractivity (Wildman–Crippen MR) is 46.0 cm³/mol. The van der Waals surface area contributed by atoms with Gasteiger partial charge < -0.3 is 5.11 Å². The molecule has 1 N–H and O–H groups in total. The van der Waals surface area contributed by atoms with Crippen molar-refractivity contribution < 1.29 is 27.1 Å². The fourth-order valence-electron chi connectivity index (χ4n) is 1.16. The molecule has 0 aromatic heterocycles. The minimum Gasteiger partial charge on any atom is -0.384 e. The fraction of sp³-hybridized carbons (Fsp3) is 0.200. The highest BCUT2D eigenvalue weighted by Gasteiger charge is 2.28. The Bertz CT molecular complexity index is 412. The number of aliphatic hydroxyl groups excluding tert-OH is 1. The van der Waals surface area contributed by atoms with Crippen molar-refractivity contribution in [2.75, 3.05) is 0 Å². The van der Waals surface area contributed by atoms with Crippen LogP contribution < -0.4 is 0 Å². The summed E-state index contributed by atoms with van der Waals surface area (Å²) in [7, 11) is 0. The van der Waals surface area contributed by atoms with Crippen LogP contribution in [-0.4, -0.2) is 5.11 Å². The quantitative estimate of drug-likeness (QED) is 0.363. The Morgan fingerprint density at radius 2 is 1.25 bits per heavy atom. The zero-order valence-corrected chi connectivity index (χ0v) is 8.07. The maximum atomic E-state index is 13.1. The number of aliphatic hydroxyl groups is 1. The van der Waals surface area contributed by atoms with Gasteiger partial charge in [0.05, 0.1) is 5.56 Å². The molecule has 1 nitrogen and oxygen atoms in total. The lowest BCUT2D eigenvalue weighted by molar-refractivity contribution is 0.210. The van der Waals surface area contributed by atoms with Gasteiger partial charge in [-0.05, 0) is 6.92 Å². The van der Waals surface area contributed by atoms with Gasteiger partial charge in [-0.3, -0.25) is 0 Å². The highest BCUT2D eigenvalue weighted by molar-refractivity contribution is 5.28. The molecule has 0 fully saturated rings. The van der Waals surface area contributed by atoms with E-state index in [-0.39, 0.29) is 0 Å². The van der Waals surface area contributed by atoms with Crippen LogP contribution in [-0.2, 0) is 0 Å². The van der Waals surface area contributed by atoms with E-state index in [0.29, 0.717) is 0 Å². The SMILES string of the molecule is C/C=C/C(O)c1c(F)c(F)c(F)c(F)c1F. The summed E-state index contributed by atoms with van der Waals surface area (Å²) in [5, 5.41) is 9.20. The molecule has 1 rings (SSSR count). The van der Waals surface area contributed by atoms with E-state index in [1.165, 1.54) is 13.0 Å². The maximum absolute atomic E-state index is 13.1. The second-order valence-electron chi connectivity index (χ2n) is 2.95. The zero-order chi connectivity index (χ0) is 12.5. The number of halogens is 5. The highest BCUT2D eigenvalue weighted by Crippen LogP contribution is 2.28. The van der Waals surface area contributed by atoms with Crippen LogP contribution in [0.15, 0.2) is 12.2 Å². The van der Waals surface area contributed by atoms with Gasteiger partial charge in [-0.2, -0.15) is 0 Å². The summed E-state index contributed by atoms with van der Waals surface area (Å²) in [6.45, 7) is 1.43. The maximum Gasteiger partial charge on any atom is 0.200 e. The summed E-state index contributed by atoms with van der Waals surface area (Å²) >= 11 is 0. The third-order valence-electron chi connectivity index (χ3n) is 1.91. The minimum absolute atomic E-state index is 0.901. The first-order valence-corrected chi connectivity index (χ1v) is 4.24. The van der Waals surface area contributed by atoms with Gasteiger partial charge in [-0.1, -0.05) is 12.2 Å².